The van der Waals surface area contributed by atoms with E-state index in [4.69, 9.17) is 9.97 Å². The fourth-order valence-electron chi connectivity index (χ4n) is 4.20. The maximum atomic E-state index is 12.8. The molecule has 0 unspecified atom stereocenters. The molecular weight excluding hydrogens is 456 g/mol. The Morgan fingerprint density at radius 3 is 2.63 bits per heavy atom. The second-order valence-electron chi connectivity index (χ2n) is 8.44. The molecule has 1 aromatic carbocycles. The van der Waals surface area contributed by atoms with Gasteiger partial charge in [-0.1, -0.05) is 26.0 Å². The number of nitrogens with one attached hydrogen (secondary N) is 2. The number of anilines is 1. The van der Waals surface area contributed by atoms with Crippen LogP contribution in [0.3, 0.4) is 0 Å². The van der Waals surface area contributed by atoms with E-state index in [1.54, 1.807) is 23.6 Å². The topological polar surface area (TPSA) is 86.8 Å². The predicted molar refractivity (Wildman–Crippen MR) is 145 cm³/mol. The molecule has 0 bridgehead atoms. The number of H-pyrrole nitrogens is 1. The summed E-state index contributed by atoms with van der Waals surface area (Å²) in [4.78, 5) is 34.6. The normalized spacial score (nSPS) is 11.5. The minimum absolute atomic E-state index is 0.191. The SMILES string of the molecule is CCN(CC)CCNc1cc2nc(-c3ccc4ncccc4c3)c(-c3ccc(C)s3)nc2[nH]c1=O. The molecule has 0 saturated heterocycles. The van der Waals surface area contributed by atoms with Crippen molar-refractivity contribution in [3.63, 3.8) is 0 Å². The largest absolute Gasteiger partial charge is 0.379 e. The average molecular weight is 485 g/mol. The molecule has 5 rings (SSSR count). The third-order valence-electron chi connectivity index (χ3n) is 6.17. The lowest BCUT2D eigenvalue weighted by Gasteiger charge is -2.18. The van der Waals surface area contributed by atoms with Crippen molar-refractivity contribution in [3.05, 3.63) is 70.0 Å². The van der Waals surface area contributed by atoms with Crippen LogP contribution < -0.4 is 10.9 Å². The van der Waals surface area contributed by atoms with Crippen molar-refractivity contribution in [1.29, 1.82) is 0 Å². The molecule has 4 aromatic heterocycles. The van der Waals surface area contributed by atoms with Gasteiger partial charge >= 0.3 is 0 Å². The van der Waals surface area contributed by atoms with E-state index in [1.807, 2.05) is 24.3 Å². The highest BCUT2D eigenvalue weighted by atomic mass is 32.1. The van der Waals surface area contributed by atoms with Crippen LogP contribution in [-0.2, 0) is 0 Å². The molecule has 0 aliphatic heterocycles. The van der Waals surface area contributed by atoms with E-state index >= 15 is 0 Å². The smallest absolute Gasteiger partial charge is 0.273 e. The minimum atomic E-state index is -0.191. The number of aromatic nitrogens is 4. The van der Waals surface area contributed by atoms with E-state index in [0.29, 0.717) is 23.4 Å². The average Bonchev–Trinajstić information content (AvgIpc) is 3.32. The Morgan fingerprint density at radius 1 is 1.00 bits per heavy atom. The molecular formula is C27H28N6OS. The zero-order valence-corrected chi connectivity index (χ0v) is 20.9. The van der Waals surface area contributed by atoms with Gasteiger partial charge in [-0.05, 0) is 56.4 Å². The maximum absolute atomic E-state index is 12.8. The number of nitrogens with zero attached hydrogens (tertiary/aromatic N) is 4. The number of hydrogen-bond acceptors (Lipinski definition) is 7. The highest BCUT2D eigenvalue weighted by Gasteiger charge is 2.17. The first-order valence-corrected chi connectivity index (χ1v) is 12.7. The second kappa shape index (κ2) is 9.93. The van der Waals surface area contributed by atoms with Gasteiger partial charge in [-0.2, -0.15) is 0 Å². The molecule has 2 N–H and O–H groups in total. The van der Waals surface area contributed by atoms with Gasteiger partial charge in [-0.15, -0.1) is 11.3 Å². The molecule has 4 heterocycles. The first-order chi connectivity index (χ1) is 17.1. The number of hydrogen-bond donors (Lipinski definition) is 2. The van der Waals surface area contributed by atoms with Crippen LogP contribution in [0.25, 0.3) is 43.9 Å². The van der Waals surface area contributed by atoms with Gasteiger partial charge in [0, 0.05) is 35.1 Å². The monoisotopic (exact) mass is 484 g/mol. The quantitative estimate of drug-likeness (QED) is 0.310. The number of pyridine rings is 2. The fraction of sp³-hybridized carbons (Fsp3) is 0.259. The number of thiophene rings is 1. The van der Waals surface area contributed by atoms with Crippen LogP contribution in [0.1, 0.15) is 18.7 Å². The second-order valence-corrected chi connectivity index (χ2v) is 9.73. The summed E-state index contributed by atoms with van der Waals surface area (Å²) in [6.07, 6.45) is 1.79. The summed E-state index contributed by atoms with van der Waals surface area (Å²) < 4.78 is 0. The third kappa shape index (κ3) is 4.80. The Balaban J connectivity index is 1.61. The molecule has 0 spiro atoms. The molecule has 0 amide bonds. The Bertz CT molecular complexity index is 1550. The standard InChI is InChI=1S/C27H28N6OS/c1-4-33(5-2)14-13-29-22-16-21-26(32-27(22)34)31-25(23-11-8-17(3)35-23)24(30-21)19-9-10-20-18(15-19)7-6-12-28-20/h6-12,15-16,29H,4-5,13-14H2,1-3H3,(H,31,32,34). The number of benzene rings is 1. The van der Waals surface area contributed by atoms with E-state index < -0.39 is 0 Å². The van der Waals surface area contributed by atoms with Crippen LogP contribution in [0.4, 0.5) is 5.69 Å². The van der Waals surface area contributed by atoms with Crippen molar-refractivity contribution < 1.29 is 0 Å². The number of aryl methyl sites for hydroxylation is 1. The number of likely N-dealkylation sites (N-methyl/N-ethyl adjacent to an activating group) is 1. The highest BCUT2D eigenvalue weighted by molar-refractivity contribution is 7.15. The Hall–Kier alpha value is -3.62. The molecule has 7 nitrogen and oxygen atoms in total. The van der Waals surface area contributed by atoms with Crippen molar-refractivity contribution in [2.45, 2.75) is 20.8 Å². The van der Waals surface area contributed by atoms with E-state index in [1.165, 1.54) is 4.88 Å². The zero-order chi connectivity index (χ0) is 24.4. The summed E-state index contributed by atoms with van der Waals surface area (Å²) in [5.41, 5.74) is 4.88. The van der Waals surface area contributed by atoms with E-state index in [2.05, 4.69) is 59.2 Å². The molecule has 8 heteroatoms. The van der Waals surface area contributed by atoms with Gasteiger partial charge < -0.3 is 15.2 Å². The van der Waals surface area contributed by atoms with Gasteiger partial charge in [0.2, 0.25) is 0 Å². The van der Waals surface area contributed by atoms with Gasteiger partial charge in [-0.3, -0.25) is 9.78 Å². The summed E-state index contributed by atoms with van der Waals surface area (Å²) in [7, 11) is 0. The summed E-state index contributed by atoms with van der Waals surface area (Å²) in [6.45, 7) is 9.85. The lowest BCUT2D eigenvalue weighted by Crippen LogP contribution is -2.29. The van der Waals surface area contributed by atoms with Crippen molar-refractivity contribution in [2.24, 2.45) is 0 Å². The van der Waals surface area contributed by atoms with Gasteiger partial charge in [0.15, 0.2) is 5.65 Å². The molecule has 5 aromatic rings. The fourth-order valence-corrected chi connectivity index (χ4v) is 5.05. The van der Waals surface area contributed by atoms with Gasteiger partial charge in [0.25, 0.3) is 5.56 Å². The maximum Gasteiger partial charge on any atom is 0.273 e. The molecule has 0 radical (unpaired) electrons. The van der Waals surface area contributed by atoms with Crippen molar-refractivity contribution in [3.8, 4) is 21.8 Å². The molecule has 0 atom stereocenters. The highest BCUT2D eigenvalue weighted by Crippen LogP contribution is 2.35. The number of rotatable bonds is 8. The molecule has 35 heavy (non-hydrogen) atoms. The van der Waals surface area contributed by atoms with Gasteiger partial charge in [-0.25, -0.2) is 9.97 Å². The molecule has 0 saturated carbocycles. The summed E-state index contributed by atoms with van der Waals surface area (Å²) in [5.74, 6) is 0. The molecule has 0 fully saturated rings. The van der Waals surface area contributed by atoms with E-state index in [-0.39, 0.29) is 5.56 Å². The molecule has 0 aliphatic rings. The third-order valence-corrected chi connectivity index (χ3v) is 7.18. The summed E-state index contributed by atoms with van der Waals surface area (Å²) in [6, 6.07) is 16.1. The van der Waals surface area contributed by atoms with Crippen LogP contribution in [0.2, 0.25) is 0 Å². The first kappa shape index (κ1) is 23.1. The van der Waals surface area contributed by atoms with Crippen molar-refractivity contribution >= 4 is 39.1 Å². The minimum Gasteiger partial charge on any atom is -0.379 e. The predicted octanol–water partition coefficient (Wildman–Crippen LogP) is 5.32. The lowest BCUT2D eigenvalue weighted by molar-refractivity contribution is 0.316. The van der Waals surface area contributed by atoms with Crippen LogP contribution in [0.15, 0.2) is 59.5 Å². The number of aromatic amines is 1. The first-order valence-electron chi connectivity index (χ1n) is 11.9. The summed E-state index contributed by atoms with van der Waals surface area (Å²) >= 11 is 1.66. The van der Waals surface area contributed by atoms with E-state index in [0.717, 1.165) is 52.4 Å². The molecule has 0 aliphatic carbocycles. The van der Waals surface area contributed by atoms with Crippen molar-refractivity contribution in [1.82, 2.24) is 24.8 Å². The van der Waals surface area contributed by atoms with Crippen molar-refractivity contribution in [2.75, 3.05) is 31.5 Å². The van der Waals surface area contributed by atoms with Crippen LogP contribution in [0, 0.1) is 6.92 Å². The Kier molecular flexibility index (Phi) is 6.57. The van der Waals surface area contributed by atoms with Crippen LogP contribution in [-0.4, -0.2) is 51.0 Å². The van der Waals surface area contributed by atoms with Crippen LogP contribution >= 0.6 is 11.3 Å². The number of fused-ring (bicyclic) bond motifs is 2. The zero-order valence-electron chi connectivity index (χ0n) is 20.1. The molecule has 178 valence electrons. The van der Waals surface area contributed by atoms with Crippen LogP contribution in [0.5, 0.6) is 0 Å². The van der Waals surface area contributed by atoms with Gasteiger partial charge in [0.1, 0.15) is 16.9 Å². The summed E-state index contributed by atoms with van der Waals surface area (Å²) in [5, 5.41) is 4.32. The van der Waals surface area contributed by atoms with Gasteiger partial charge in [0.05, 0.1) is 16.1 Å². The Labute approximate surface area is 207 Å². The lowest BCUT2D eigenvalue weighted by atomic mass is 10.1. The Morgan fingerprint density at radius 2 is 1.86 bits per heavy atom. The van der Waals surface area contributed by atoms with E-state index in [9.17, 15) is 4.79 Å².